The molecule has 2 aliphatic rings. The summed E-state index contributed by atoms with van der Waals surface area (Å²) in [7, 11) is 0. The van der Waals surface area contributed by atoms with E-state index in [9.17, 15) is 0 Å². The molecule has 4 heteroatoms. The fourth-order valence-corrected chi connectivity index (χ4v) is 2.86. The van der Waals surface area contributed by atoms with Gasteiger partial charge in [0.15, 0.2) is 0 Å². The first-order valence-corrected chi connectivity index (χ1v) is 7.27. The van der Waals surface area contributed by atoms with Crippen LogP contribution >= 0.6 is 11.6 Å². The first kappa shape index (κ1) is 12.4. The quantitative estimate of drug-likeness (QED) is 0.848. The number of hydrogen-bond donors (Lipinski definition) is 1. The minimum atomic E-state index is 0.532. The Morgan fingerprint density at radius 1 is 1.33 bits per heavy atom. The Bertz CT molecular complexity index is 383. The van der Waals surface area contributed by atoms with Crippen LogP contribution in [0.25, 0.3) is 0 Å². The molecule has 1 saturated heterocycles. The van der Waals surface area contributed by atoms with E-state index < -0.39 is 0 Å². The van der Waals surface area contributed by atoms with Gasteiger partial charge in [-0.05, 0) is 24.0 Å². The Hall–Kier alpha value is -0.640. The van der Waals surface area contributed by atoms with Crippen molar-refractivity contribution in [3.05, 3.63) is 29.0 Å². The van der Waals surface area contributed by atoms with Gasteiger partial charge in [0, 0.05) is 38.4 Å². The van der Waals surface area contributed by atoms with Gasteiger partial charge in [0.1, 0.15) is 5.15 Å². The third kappa shape index (κ3) is 3.02. The summed E-state index contributed by atoms with van der Waals surface area (Å²) in [5.74, 6) is 0.931. The van der Waals surface area contributed by atoms with Crippen LogP contribution in [0.3, 0.4) is 0 Å². The van der Waals surface area contributed by atoms with E-state index in [1.54, 1.807) is 0 Å². The molecule has 0 aromatic carbocycles. The minimum absolute atomic E-state index is 0.532. The van der Waals surface area contributed by atoms with Crippen LogP contribution in [0.2, 0.25) is 5.15 Å². The van der Waals surface area contributed by atoms with E-state index in [4.69, 9.17) is 11.6 Å². The maximum atomic E-state index is 5.89. The molecular formula is C14H20ClN3. The number of rotatable bonds is 4. The van der Waals surface area contributed by atoms with E-state index in [1.807, 2.05) is 12.3 Å². The predicted octanol–water partition coefficient (Wildman–Crippen LogP) is 2.48. The molecular weight excluding hydrogens is 246 g/mol. The van der Waals surface area contributed by atoms with Crippen LogP contribution in [0.5, 0.6) is 0 Å². The highest BCUT2D eigenvalue weighted by Gasteiger charge is 2.30. The summed E-state index contributed by atoms with van der Waals surface area (Å²) in [6.07, 6.45) is 6.05. The number of nitrogens with zero attached hydrogens (tertiary/aromatic N) is 2. The molecule has 0 bridgehead atoms. The van der Waals surface area contributed by atoms with E-state index in [1.165, 1.54) is 24.8 Å². The molecule has 1 aliphatic carbocycles. The zero-order valence-electron chi connectivity index (χ0n) is 10.6. The molecule has 98 valence electrons. The maximum absolute atomic E-state index is 5.89. The maximum Gasteiger partial charge on any atom is 0.129 e. The molecule has 3 nitrogen and oxygen atoms in total. The van der Waals surface area contributed by atoms with Gasteiger partial charge >= 0.3 is 0 Å². The van der Waals surface area contributed by atoms with Crippen molar-refractivity contribution in [2.45, 2.75) is 25.3 Å². The smallest absolute Gasteiger partial charge is 0.129 e. The normalized spacial score (nSPS) is 22.9. The summed E-state index contributed by atoms with van der Waals surface area (Å²) in [6.45, 7) is 4.48. The molecule has 18 heavy (non-hydrogen) atoms. The third-order valence-electron chi connectivity index (χ3n) is 3.98. The van der Waals surface area contributed by atoms with Gasteiger partial charge in [-0.3, -0.25) is 4.90 Å². The first-order chi connectivity index (χ1) is 8.83. The highest BCUT2D eigenvalue weighted by Crippen LogP contribution is 2.40. The number of hydrogen-bond acceptors (Lipinski definition) is 3. The molecule has 1 aromatic heterocycles. The van der Waals surface area contributed by atoms with Crippen molar-refractivity contribution in [2.75, 3.05) is 26.2 Å². The van der Waals surface area contributed by atoms with E-state index in [2.05, 4.69) is 21.3 Å². The molecule has 0 unspecified atom stereocenters. The largest absolute Gasteiger partial charge is 0.314 e. The van der Waals surface area contributed by atoms with E-state index >= 15 is 0 Å². The Kier molecular flexibility index (Phi) is 3.83. The van der Waals surface area contributed by atoms with E-state index in [-0.39, 0.29) is 0 Å². The van der Waals surface area contributed by atoms with Gasteiger partial charge in [-0.25, -0.2) is 4.98 Å². The van der Waals surface area contributed by atoms with Crippen LogP contribution in [-0.4, -0.2) is 36.1 Å². The number of pyridine rings is 1. The van der Waals surface area contributed by atoms with Crippen molar-refractivity contribution >= 4 is 11.6 Å². The van der Waals surface area contributed by atoms with Crippen molar-refractivity contribution < 1.29 is 0 Å². The first-order valence-electron chi connectivity index (χ1n) is 6.89. The lowest BCUT2D eigenvalue weighted by molar-refractivity contribution is 0.160. The Morgan fingerprint density at radius 2 is 2.11 bits per heavy atom. The Morgan fingerprint density at radius 3 is 2.72 bits per heavy atom. The van der Waals surface area contributed by atoms with Gasteiger partial charge < -0.3 is 5.32 Å². The van der Waals surface area contributed by atoms with Crippen LogP contribution in [-0.2, 0) is 0 Å². The molecule has 1 atom stereocenters. The SMILES string of the molecule is Clc1ccc([C@H](CC2CC2)N2CCNCC2)cn1. The molecule has 2 fully saturated rings. The Balaban J connectivity index is 1.76. The highest BCUT2D eigenvalue weighted by atomic mass is 35.5. The van der Waals surface area contributed by atoms with Crippen LogP contribution in [0.15, 0.2) is 18.3 Å². The summed E-state index contributed by atoms with van der Waals surface area (Å²) in [5, 5.41) is 4.01. The monoisotopic (exact) mass is 265 g/mol. The van der Waals surface area contributed by atoms with Gasteiger partial charge in [0.25, 0.3) is 0 Å². The van der Waals surface area contributed by atoms with Crippen LogP contribution < -0.4 is 5.32 Å². The molecule has 2 heterocycles. The van der Waals surface area contributed by atoms with Crippen LogP contribution in [0.1, 0.15) is 30.9 Å². The van der Waals surface area contributed by atoms with Crippen LogP contribution in [0, 0.1) is 5.92 Å². The third-order valence-corrected chi connectivity index (χ3v) is 4.20. The van der Waals surface area contributed by atoms with E-state index in [0.29, 0.717) is 11.2 Å². The summed E-state index contributed by atoms with van der Waals surface area (Å²) in [5.41, 5.74) is 1.33. The van der Waals surface area contributed by atoms with Crippen LogP contribution in [0.4, 0.5) is 0 Å². The zero-order chi connectivity index (χ0) is 12.4. The average Bonchev–Trinajstić information content (AvgIpc) is 3.22. The molecule has 1 aliphatic heterocycles. The number of nitrogens with one attached hydrogen (secondary N) is 1. The van der Waals surface area contributed by atoms with Crippen molar-refractivity contribution in [1.29, 1.82) is 0 Å². The minimum Gasteiger partial charge on any atom is -0.314 e. The molecule has 0 radical (unpaired) electrons. The average molecular weight is 266 g/mol. The zero-order valence-corrected chi connectivity index (χ0v) is 11.4. The summed E-state index contributed by atoms with van der Waals surface area (Å²) >= 11 is 5.89. The summed E-state index contributed by atoms with van der Waals surface area (Å²) < 4.78 is 0. The number of halogens is 1. The molecule has 1 saturated carbocycles. The lowest BCUT2D eigenvalue weighted by atomic mass is 10.0. The molecule has 3 rings (SSSR count). The number of aromatic nitrogens is 1. The molecule has 0 spiro atoms. The van der Waals surface area contributed by atoms with Gasteiger partial charge in [-0.15, -0.1) is 0 Å². The van der Waals surface area contributed by atoms with Gasteiger partial charge in [-0.2, -0.15) is 0 Å². The van der Waals surface area contributed by atoms with Crippen molar-refractivity contribution in [3.63, 3.8) is 0 Å². The molecule has 1 N–H and O–H groups in total. The molecule has 1 aromatic rings. The summed E-state index contributed by atoms with van der Waals surface area (Å²) in [6, 6.07) is 4.59. The highest BCUT2D eigenvalue weighted by molar-refractivity contribution is 6.29. The Labute approximate surface area is 114 Å². The second kappa shape index (κ2) is 5.55. The second-order valence-electron chi connectivity index (χ2n) is 5.40. The number of piperazine rings is 1. The van der Waals surface area contributed by atoms with Crippen molar-refractivity contribution in [2.24, 2.45) is 5.92 Å². The van der Waals surface area contributed by atoms with Gasteiger partial charge in [0.05, 0.1) is 0 Å². The lowest BCUT2D eigenvalue weighted by Crippen LogP contribution is -2.45. The fourth-order valence-electron chi connectivity index (χ4n) is 2.74. The van der Waals surface area contributed by atoms with Gasteiger partial charge in [0.2, 0.25) is 0 Å². The topological polar surface area (TPSA) is 28.2 Å². The second-order valence-corrected chi connectivity index (χ2v) is 5.78. The molecule has 0 amide bonds. The van der Waals surface area contributed by atoms with Crippen molar-refractivity contribution in [3.8, 4) is 0 Å². The predicted molar refractivity (Wildman–Crippen MR) is 73.8 cm³/mol. The summed E-state index contributed by atoms with van der Waals surface area (Å²) in [4.78, 5) is 6.84. The van der Waals surface area contributed by atoms with E-state index in [0.717, 1.165) is 32.1 Å². The van der Waals surface area contributed by atoms with Gasteiger partial charge in [-0.1, -0.05) is 30.5 Å². The fraction of sp³-hybridized carbons (Fsp3) is 0.643. The van der Waals surface area contributed by atoms with Crippen molar-refractivity contribution in [1.82, 2.24) is 15.2 Å². The lowest BCUT2D eigenvalue weighted by Gasteiger charge is -2.35. The standard InChI is InChI=1S/C14H20ClN3/c15-14-4-3-12(10-17-14)13(9-11-1-2-11)18-7-5-16-6-8-18/h3-4,10-11,13,16H,1-2,5-9H2/t13-/m0/s1.